The fourth-order valence-electron chi connectivity index (χ4n) is 1.81. The molecule has 0 aliphatic carbocycles. The first-order valence-corrected chi connectivity index (χ1v) is 7.23. The Morgan fingerprint density at radius 3 is 2.67 bits per heavy atom. The van der Waals surface area contributed by atoms with Crippen molar-refractivity contribution < 1.29 is 0 Å². The van der Waals surface area contributed by atoms with Gasteiger partial charge in [-0.25, -0.2) is 9.97 Å². The molecule has 0 saturated heterocycles. The number of nitrogens with one attached hydrogen (secondary N) is 1. The predicted molar refractivity (Wildman–Crippen MR) is 76.9 cm³/mol. The highest BCUT2D eigenvalue weighted by Gasteiger charge is 2.09. The van der Waals surface area contributed by atoms with Gasteiger partial charge in [0.1, 0.15) is 17.2 Å². The summed E-state index contributed by atoms with van der Waals surface area (Å²) in [7, 11) is 0. The van der Waals surface area contributed by atoms with Crippen LogP contribution in [0.4, 0.5) is 5.82 Å². The molecule has 0 radical (unpaired) electrons. The van der Waals surface area contributed by atoms with E-state index in [0.29, 0.717) is 0 Å². The van der Waals surface area contributed by atoms with Gasteiger partial charge in [0.25, 0.3) is 0 Å². The summed E-state index contributed by atoms with van der Waals surface area (Å²) in [6.07, 6.45) is 4.63. The highest BCUT2D eigenvalue weighted by Crippen LogP contribution is 2.22. The Bertz CT molecular complexity index is 487. The van der Waals surface area contributed by atoms with Gasteiger partial charge in [-0.05, 0) is 18.2 Å². The van der Waals surface area contributed by atoms with Crippen LogP contribution >= 0.6 is 11.8 Å². The summed E-state index contributed by atoms with van der Waals surface area (Å²) in [5, 5.41) is 4.44. The van der Waals surface area contributed by atoms with E-state index in [2.05, 4.69) is 46.5 Å². The van der Waals surface area contributed by atoms with Gasteiger partial charge >= 0.3 is 0 Å². The van der Waals surface area contributed by atoms with E-state index in [9.17, 15) is 0 Å². The maximum atomic E-state index is 4.27. The number of thioether (sulfide) groups is 1. The summed E-state index contributed by atoms with van der Waals surface area (Å²) >= 11 is 1.62. The first-order valence-electron chi connectivity index (χ1n) is 6.01. The number of nitrogens with zero attached hydrogens (tertiary/aromatic N) is 2. The molecule has 1 aromatic carbocycles. The summed E-state index contributed by atoms with van der Waals surface area (Å²) in [4.78, 5) is 8.44. The van der Waals surface area contributed by atoms with Gasteiger partial charge in [0.2, 0.25) is 0 Å². The molecule has 2 aromatic rings. The molecular formula is C14H17N3S. The van der Waals surface area contributed by atoms with Crippen molar-refractivity contribution in [2.24, 2.45) is 0 Å². The molecule has 0 amide bonds. The van der Waals surface area contributed by atoms with Crippen LogP contribution in [-0.4, -0.2) is 16.2 Å². The zero-order valence-corrected chi connectivity index (χ0v) is 11.4. The van der Waals surface area contributed by atoms with Gasteiger partial charge in [0.15, 0.2) is 0 Å². The van der Waals surface area contributed by atoms with Crippen molar-refractivity contribution >= 4 is 17.6 Å². The van der Waals surface area contributed by atoms with Crippen LogP contribution in [0.2, 0.25) is 0 Å². The zero-order chi connectivity index (χ0) is 12.8. The Hall–Kier alpha value is -1.55. The zero-order valence-electron chi connectivity index (χ0n) is 10.6. The molecule has 18 heavy (non-hydrogen) atoms. The minimum Gasteiger partial charge on any atom is -0.363 e. The molecule has 0 bridgehead atoms. The minimum atomic E-state index is 0.288. The molecule has 3 nitrogen and oxygen atoms in total. The summed E-state index contributed by atoms with van der Waals surface area (Å²) < 4.78 is 0. The van der Waals surface area contributed by atoms with Gasteiger partial charge in [-0.3, -0.25) is 0 Å². The second kappa shape index (κ2) is 6.40. The van der Waals surface area contributed by atoms with Gasteiger partial charge in [-0.15, -0.1) is 11.8 Å². The van der Waals surface area contributed by atoms with E-state index in [0.717, 1.165) is 17.3 Å². The van der Waals surface area contributed by atoms with Crippen LogP contribution in [-0.2, 0) is 0 Å². The van der Waals surface area contributed by atoms with Gasteiger partial charge < -0.3 is 5.32 Å². The molecule has 94 valence electrons. The van der Waals surface area contributed by atoms with Crippen LogP contribution in [0.1, 0.15) is 24.9 Å². The van der Waals surface area contributed by atoms with Crippen molar-refractivity contribution in [3.63, 3.8) is 0 Å². The Morgan fingerprint density at radius 2 is 2.00 bits per heavy atom. The van der Waals surface area contributed by atoms with Gasteiger partial charge in [-0.1, -0.05) is 37.3 Å². The van der Waals surface area contributed by atoms with Crippen LogP contribution in [0.15, 0.2) is 47.8 Å². The number of hydrogen-bond donors (Lipinski definition) is 1. The van der Waals surface area contributed by atoms with E-state index < -0.39 is 0 Å². The lowest BCUT2D eigenvalue weighted by atomic mass is 10.0. The number of anilines is 1. The second-order valence-corrected chi connectivity index (χ2v) is 4.79. The normalized spacial score (nSPS) is 12.1. The second-order valence-electron chi connectivity index (χ2n) is 3.96. The fraction of sp³-hybridized carbons (Fsp3) is 0.286. The maximum Gasteiger partial charge on any atom is 0.130 e. The van der Waals surface area contributed by atoms with E-state index in [1.807, 2.05) is 18.4 Å². The molecule has 1 N–H and O–H groups in total. The van der Waals surface area contributed by atoms with Crippen LogP contribution in [0.3, 0.4) is 0 Å². The summed E-state index contributed by atoms with van der Waals surface area (Å²) in [5.41, 5.74) is 1.28. The minimum absolute atomic E-state index is 0.288. The smallest absolute Gasteiger partial charge is 0.130 e. The highest BCUT2D eigenvalue weighted by molar-refractivity contribution is 7.98. The average molecular weight is 259 g/mol. The van der Waals surface area contributed by atoms with Crippen LogP contribution in [0, 0.1) is 0 Å². The molecule has 1 heterocycles. The summed E-state index contributed by atoms with van der Waals surface area (Å²) in [6.45, 7) is 2.17. The van der Waals surface area contributed by atoms with E-state index in [1.54, 1.807) is 18.1 Å². The molecule has 1 aromatic heterocycles. The standard InChI is InChI=1S/C14H17N3S/c1-3-12(11-7-5-4-6-8-11)17-13-9-14(18-2)16-10-15-13/h4-10,12H,3H2,1-2H3,(H,15,16,17). The van der Waals surface area contributed by atoms with Crippen molar-refractivity contribution in [1.29, 1.82) is 0 Å². The first kappa shape index (κ1) is 12.9. The molecular weight excluding hydrogens is 242 g/mol. The Labute approximate surface area is 112 Å². The first-order chi connectivity index (χ1) is 8.83. The Morgan fingerprint density at radius 1 is 1.22 bits per heavy atom. The van der Waals surface area contributed by atoms with Crippen LogP contribution in [0.5, 0.6) is 0 Å². The number of aromatic nitrogens is 2. The SMILES string of the molecule is CCC(Nc1cc(SC)ncn1)c1ccccc1. The third-order valence-electron chi connectivity index (χ3n) is 2.78. The van der Waals surface area contributed by atoms with Crippen molar-refractivity contribution in [3.8, 4) is 0 Å². The molecule has 1 atom stereocenters. The Balaban J connectivity index is 2.15. The van der Waals surface area contributed by atoms with Gasteiger partial charge in [-0.2, -0.15) is 0 Å². The highest BCUT2D eigenvalue weighted by atomic mass is 32.2. The van der Waals surface area contributed by atoms with Gasteiger partial charge in [0.05, 0.1) is 6.04 Å². The summed E-state index contributed by atoms with van der Waals surface area (Å²) in [5.74, 6) is 0.880. The lowest BCUT2D eigenvalue weighted by Crippen LogP contribution is -2.10. The molecule has 0 spiro atoms. The van der Waals surface area contributed by atoms with Crippen LogP contribution in [0.25, 0.3) is 0 Å². The monoisotopic (exact) mass is 259 g/mol. The van der Waals surface area contributed by atoms with Crippen molar-refractivity contribution in [2.45, 2.75) is 24.4 Å². The number of benzene rings is 1. The van der Waals surface area contributed by atoms with Gasteiger partial charge in [0, 0.05) is 6.07 Å². The molecule has 4 heteroatoms. The van der Waals surface area contributed by atoms with Crippen LogP contribution < -0.4 is 5.32 Å². The average Bonchev–Trinajstić information content (AvgIpc) is 2.46. The Kier molecular flexibility index (Phi) is 4.59. The lowest BCUT2D eigenvalue weighted by molar-refractivity contribution is 0.742. The third-order valence-corrected chi connectivity index (χ3v) is 3.42. The molecule has 2 rings (SSSR count). The fourth-order valence-corrected chi connectivity index (χ4v) is 2.20. The molecule has 0 fully saturated rings. The molecule has 0 aliphatic rings. The topological polar surface area (TPSA) is 37.8 Å². The largest absolute Gasteiger partial charge is 0.363 e. The molecule has 0 aliphatic heterocycles. The summed E-state index contributed by atoms with van der Waals surface area (Å²) in [6, 6.07) is 12.7. The molecule has 0 saturated carbocycles. The lowest BCUT2D eigenvalue weighted by Gasteiger charge is -2.18. The van der Waals surface area contributed by atoms with Crippen molar-refractivity contribution in [2.75, 3.05) is 11.6 Å². The predicted octanol–water partition coefficient (Wildman–Crippen LogP) is 3.76. The van der Waals surface area contributed by atoms with E-state index >= 15 is 0 Å². The quantitative estimate of drug-likeness (QED) is 0.655. The third kappa shape index (κ3) is 3.23. The number of hydrogen-bond acceptors (Lipinski definition) is 4. The van der Waals surface area contributed by atoms with Crippen molar-refractivity contribution in [3.05, 3.63) is 48.3 Å². The van der Waals surface area contributed by atoms with E-state index in [-0.39, 0.29) is 6.04 Å². The number of rotatable bonds is 5. The van der Waals surface area contributed by atoms with Crippen molar-refractivity contribution in [1.82, 2.24) is 9.97 Å². The van der Waals surface area contributed by atoms with E-state index in [1.165, 1.54) is 5.56 Å². The van der Waals surface area contributed by atoms with E-state index in [4.69, 9.17) is 0 Å². The maximum absolute atomic E-state index is 4.27. The molecule has 1 unspecified atom stereocenters.